The first-order valence-corrected chi connectivity index (χ1v) is 6.22. The van der Waals surface area contributed by atoms with E-state index in [1.54, 1.807) is 0 Å². The molecule has 1 aliphatic heterocycles. The smallest absolute Gasteiger partial charge is 0.387 e. The first-order valence-electron chi connectivity index (χ1n) is 6.22. The van der Waals surface area contributed by atoms with Crippen LogP contribution < -0.4 is 4.74 Å². The Bertz CT molecular complexity index is 484. The van der Waals surface area contributed by atoms with Crippen molar-refractivity contribution in [2.45, 2.75) is 51.8 Å². The third-order valence-corrected chi connectivity index (χ3v) is 3.64. The van der Waals surface area contributed by atoms with Crippen molar-refractivity contribution in [2.24, 2.45) is 0 Å². The third kappa shape index (κ3) is 2.91. The zero-order chi connectivity index (χ0) is 15.1. The molecule has 1 fully saturated rings. The molecule has 1 heterocycles. The molecule has 0 amide bonds. The summed E-state index contributed by atoms with van der Waals surface area (Å²) in [6.45, 7) is 4.39. The van der Waals surface area contributed by atoms with E-state index >= 15 is 0 Å². The molecule has 6 heteroatoms. The van der Waals surface area contributed by atoms with Crippen molar-refractivity contribution in [3.8, 4) is 5.75 Å². The van der Waals surface area contributed by atoms with E-state index in [2.05, 4.69) is 4.74 Å². The summed E-state index contributed by atoms with van der Waals surface area (Å²) in [7, 11) is 0. The molecule has 0 aromatic heterocycles. The molecule has 1 aromatic rings. The number of alkyl halides is 2. The fourth-order valence-corrected chi connectivity index (χ4v) is 1.87. The molecule has 1 aromatic carbocycles. The maximum absolute atomic E-state index is 13.5. The lowest BCUT2D eigenvalue weighted by molar-refractivity contribution is -0.0904. The normalized spacial score (nSPS) is 21.4. The van der Waals surface area contributed by atoms with Gasteiger partial charge in [-0.1, -0.05) is 0 Å². The van der Waals surface area contributed by atoms with Gasteiger partial charge in [0.15, 0.2) is 6.29 Å². The summed E-state index contributed by atoms with van der Waals surface area (Å²) < 4.78 is 53.6. The van der Waals surface area contributed by atoms with E-state index in [0.717, 1.165) is 6.07 Å². The van der Waals surface area contributed by atoms with Gasteiger partial charge in [0.1, 0.15) is 11.6 Å². The van der Waals surface area contributed by atoms with Crippen LogP contribution in [0.3, 0.4) is 0 Å². The highest BCUT2D eigenvalue weighted by molar-refractivity contribution is 5.31. The van der Waals surface area contributed by atoms with E-state index in [1.807, 2.05) is 27.7 Å². The van der Waals surface area contributed by atoms with E-state index < -0.39 is 29.9 Å². The Hall–Kier alpha value is -1.27. The highest BCUT2D eigenvalue weighted by atomic mass is 19.3. The van der Waals surface area contributed by atoms with Gasteiger partial charge >= 0.3 is 6.61 Å². The van der Waals surface area contributed by atoms with Gasteiger partial charge in [0.25, 0.3) is 0 Å². The minimum absolute atomic E-state index is 0.260. The zero-order valence-corrected chi connectivity index (χ0v) is 11.7. The Morgan fingerprint density at radius 1 is 1.05 bits per heavy atom. The van der Waals surface area contributed by atoms with Crippen molar-refractivity contribution < 1.29 is 27.4 Å². The molecule has 0 atom stereocenters. The predicted molar refractivity (Wildman–Crippen MR) is 66.1 cm³/mol. The van der Waals surface area contributed by atoms with Gasteiger partial charge in [-0.25, -0.2) is 4.39 Å². The Morgan fingerprint density at radius 2 is 1.60 bits per heavy atom. The van der Waals surface area contributed by atoms with Crippen LogP contribution in [0.15, 0.2) is 18.2 Å². The average Bonchev–Trinajstić information content (AvgIpc) is 2.46. The largest absolute Gasteiger partial charge is 0.435 e. The minimum atomic E-state index is -3.01. The molecule has 0 spiro atoms. The average molecular weight is 290 g/mol. The third-order valence-electron chi connectivity index (χ3n) is 3.64. The maximum atomic E-state index is 13.5. The molecule has 0 radical (unpaired) electrons. The van der Waals surface area contributed by atoms with E-state index in [0.29, 0.717) is 5.56 Å². The lowest BCUT2D eigenvalue weighted by Gasteiger charge is -2.30. The number of hydrogen-bond acceptors (Lipinski definition) is 3. The molecule has 3 nitrogen and oxygen atoms in total. The van der Waals surface area contributed by atoms with Gasteiger partial charge in [0.05, 0.1) is 11.2 Å². The molecule has 2 rings (SSSR count). The van der Waals surface area contributed by atoms with Gasteiger partial charge in [0.2, 0.25) is 0 Å². The van der Waals surface area contributed by atoms with E-state index in [9.17, 15) is 13.2 Å². The van der Waals surface area contributed by atoms with Gasteiger partial charge in [-0.3, -0.25) is 0 Å². The van der Waals surface area contributed by atoms with Crippen molar-refractivity contribution in [1.82, 2.24) is 0 Å². The summed E-state index contributed by atoms with van der Waals surface area (Å²) in [6.07, 6.45) is -0.823. The molecule has 0 aliphatic carbocycles. The maximum Gasteiger partial charge on any atom is 0.387 e. The van der Waals surface area contributed by atoms with Crippen LogP contribution in [0.2, 0.25) is 0 Å². The molecular weight excluding hydrogens is 273 g/mol. The summed E-state index contributed by atoms with van der Waals surface area (Å²) >= 11 is 0. The second kappa shape index (κ2) is 4.93. The SMILES string of the molecule is CC1(C)OC(c2cc(F)cc(OC(F)F)c2)OC1(C)C. The Kier molecular flexibility index (Phi) is 3.73. The van der Waals surface area contributed by atoms with Gasteiger partial charge in [-0.2, -0.15) is 8.78 Å². The van der Waals surface area contributed by atoms with Crippen molar-refractivity contribution in [1.29, 1.82) is 0 Å². The fraction of sp³-hybridized carbons (Fsp3) is 0.571. The van der Waals surface area contributed by atoms with Crippen molar-refractivity contribution in [3.05, 3.63) is 29.6 Å². The number of benzene rings is 1. The van der Waals surface area contributed by atoms with Crippen molar-refractivity contribution in [3.63, 3.8) is 0 Å². The van der Waals surface area contributed by atoms with Crippen LogP contribution in [-0.4, -0.2) is 17.8 Å². The molecule has 0 bridgehead atoms. The monoisotopic (exact) mass is 290 g/mol. The van der Waals surface area contributed by atoms with Gasteiger partial charge in [0, 0.05) is 11.6 Å². The van der Waals surface area contributed by atoms with Crippen LogP contribution in [0.4, 0.5) is 13.2 Å². The van der Waals surface area contributed by atoms with E-state index in [-0.39, 0.29) is 5.75 Å². The summed E-state index contributed by atoms with van der Waals surface area (Å²) in [5.41, 5.74) is -0.874. The predicted octanol–water partition coefficient (Wildman–Crippen LogP) is 4.03. The highest BCUT2D eigenvalue weighted by Gasteiger charge is 2.49. The van der Waals surface area contributed by atoms with Gasteiger partial charge < -0.3 is 14.2 Å². The summed E-state index contributed by atoms with van der Waals surface area (Å²) in [5.74, 6) is -0.947. The number of rotatable bonds is 3. The van der Waals surface area contributed by atoms with Crippen LogP contribution in [0.25, 0.3) is 0 Å². The van der Waals surface area contributed by atoms with Crippen LogP contribution in [0, 0.1) is 5.82 Å². The molecule has 20 heavy (non-hydrogen) atoms. The first-order chi connectivity index (χ1) is 9.10. The standard InChI is InChI=1S/C14H17F3O3/c1-13(2)14(3,4)20-11(19-13)8-5-9(15)7-10(6-8)18-12(16)17/h5-7,11-12H,1-4H3. The molecular formula is C14H17F3O3. The highest BCUT2D eigenvalue weighted by Crippen LogP contribution is 2.45. The molecule has 1 aliphatic rings. The van der Waals surface area contributed by atoms with Gasteiger partial charge in [-0.05, 0) is 39.8 Å². The fourth-order valence-electron chi connectivity index (χ4n) is 1.87. The zero-order valence-electron chi connectivity index (χ0n) is 11.7. The second-order valence-electron chi connectivity index (χ2n) is 5.69. The van der Waals surface area contributed by atoms with E-state index in [4.69, 9.17) is 9.47 Å². The van der Waals surface area contributed by atoms with Crippen LogP contribution in [-0.2, 0) is 9.47 Å². The molecule has 1 saturated heterocycles. The summed E-state index contributed by atoms with van der Waals surface area (Å²) in [5, 5.41) is 0. The first kappa shape index (κ1) is 15.1. The number of halogens is 3. The number of ether oxygens (including phenoxy) is 3. The second-order valence-corrected chi connectivity index (χ2v) is 5.69. The minimum Gasteiger partial charge on any atom is -0.435 e. The molecule has 0 saturated carbocycles. The Balaban J connectivity index is 2.28. The van der Waals surface area contributed by atoms with E-state index in [1.165, 1.54) is 12.1 Å². The lowest BCUT2D eigenvalue weighted by atomic mass is 9.90. The Labute approximate surface area is 115 Å². The molecule has 112 valence electrons. The van der Waals surface area contributed by atoms with Crippen LogP contribution in [0.5, 0.6) is 5.75 Å². The lowest BCUT2D eigenvalue weighted by Crippen LogP contribution is -2.41. The van der Waals surface area contributed by atoms with Crippen LogP contribution >= 0.6 is 0 Å². The molecule has 0 unspecified atom stereocenters. The van der Waals surface area contributed by atoms with Crippen LogP contribution in [0.1, 0.15) is 39.5 Å². The van der Waals surface area contributed by atoms with Crippen molar-refractivity contribution in [2.75, 3.05) is 0 Å². The molecule has 0 N–H and O–H groups in total. The summed E-state index contributed by atoms with van der Waals surface area (Å²) in [4.78, 5) is 0. The Morgan fingerprint density at radius 3 is 2.10 bits per heavy atom. The van der Waals surface area contributed by atoms with Crippen molar-refractivity contribution >= 4 is 0 Å². The summed E-state index contributed by atoms with van der Waals surface area (Å²) in [6, 6.07) is 3.36. The number of hydrogen-bond donors (Lipinski definition) is 0. The topological polar surface area (TPSA) is 27.7 Å². The van der Waals surface area contributed by atoms with Gasteiger partial charge in [-0.15, -0.1) is 0 Å². The quantitative estimate of drug-likeness (QED) is 0.841.